The molecule has 0 aliphatic carbocycles. The Morgan fingerprint density at radius 2 is 1.04 bits per heavy atom. The summed E-state index contributed by atoms with van der Waals surface area (Å²) >= 11 is 0. The van der Waals surface area contributed by atoms with Crippen molar-refractivity contribution in [2.24, 2.45) is 0 Å². The topological polar surface area (TPSA) is 4.93 Å². The highest BCUT2D eigenvalue weighted by atomic mass is 15.0. The number of fused-ring (bicyclic) bond motifs is 8. The van der Waals surface area contributed by atoms with Gasteiger partial charge in [-0.3, -0.25) is 0 Å². The van der Waals surface area contributed by atoms with E-state index in [-0.39, 0.29) is 0 Å². The lowest BCUT2D eigenvalue weighted by molar-refractivity contribution is 1.18. The molecule has 132 valence electrons. The molecule has 0 fully saturated rings. The average Bonchev–Trinajstić information content (AvgIpc) is 3.10. The number of nitrogens with zero attached hydrogens (tertiary/aromatic N) is 1. The smallest absolute Gasteiger partial charge is 0.0625 e. The van der Waals surface area contributed by atoms with E-state index >= 15 is 0 Å². The molecule has 0 atom stereocenters. The number of aromatic nitrogens is 1. The van der Waals surface area contributed by atoms with Crippen LogP contribution < -0.4 is 0 Å². The SMILES string of the molecule is Cc1ccc(-n2c3ccccc3c3c4ccccc4c4ccccc4c32)cc1. The van der Waals surface area contributed by atoms with Gasteiger partial charge in [0.15, 0.2) is 0 Å². The molecule has 1 aromatic heterocycles. The molecule has 0 unspecified atom stereocenters. The minimum Gasteiger partial charge on any atom is -0.309 e. The first kappa shape index (κ1) is 15.5. The molecule has 0 bridgehead atoms. The molecule has 6 aromatic rings. The molecule has 0 aliphatic heterocycles. The van der Waals surface area contributed by atoms with E-state index in [4.69, 9.17) is 0 Å². The lowest BCUT2D eigenvalue weighted by atomic mass is 9.97. The predicted molar refractivity (Wildman–Crippen MR) is 121 cm³/mol. The van der Waals surface area contributed by atoms with E-state index in [1.165, 1.54) is 54.6 Å². The van der Waals surface area contributed by atoms with Gasteiger partial charge in [-0.2, -0.15) is 0 Å². The molecular formula is C27H19N. The first-order chi connectivity index (χ1) is 13.8. The standard InChI is InChI=1S/C27H19N/c1-18-14-16-19(17-15-18)28-25-13-7-6-12-24(25)26-22-10-4-2-8-20(22)21-9-3-5-11-23(21)27(26)28/h2-17H,1H3. The summed E-state index contributed by atoms with van der Waals surface area (Å²) in [6.07, 6.45) is 0. The van der Waals surface area contributed by atoms with E-state index in [0.29, 0.717) is 0 Å². The van der Waals surface area contributed by atoms with Gasteiger partial charge in [-0.1, -0.05) is 84.4 Å². The summed E-state index contributed by atoms with van der Waals surface area (Å²) in [5, 5.41) is 7.89. The number of hydrogen-bond acceptors (Lipinski definition) is 0. The van der Waals surface area contributed by atoms with Gasteiger partial charge in [-0.25, -0.2) is 0 Å². The second kappa shape index (κ2) is 5.71. The third kappa shape index (κ3) is 2.02. The quantitative estimate of drug-likeness (QED) is 0.270. The highest BCUT2D eigenvalue weighted by molar-refractivity contribution is 6.32. The summed E-state index contributed by atoms with van der Waals surface area (Å²) in [6, 6.07) is 35.2. The van der Waals surface area contributed by atoms with Crippen molar-refractivity contribution in [2.75, 3.05) is 0 Å². The zero-order valence-corrected chi connectivity index (χ0v) is 15.7. The second-order valence-electron chi connectivity index (χ2n) is 7.50. The molecule has 0 amide bonds. The van der Waals surface area contributed by atoms with Gasteiger partial charge in [0.1, 0.15) is 0 Å². The third-order valence-corrected chi connectivity index (χ3v) is 5.84. The Morgan fingerprint density at radius 1 is 0.500 bits per heavy atom. The maximum Gasteiger partial charge on any atom is 0.0625 e. The number of rotatable bonds is 1. The van der Waals surface area contributed by atoms with Crippen LogP contribution in [0.2, 0.25) is 0 Å². The van der Waals surface area contributed by atoms with Crippen LogP contribution in [0.1, 0.15) is 5.56 Å². The zero-order chi connectivity index (χ0) is 18.7. The van der Waals surface area contributed by atoms with Gasteiger partial charge in [0.05, 0.1) is 11.0 Å². The Hall–Kier alpha value is -3.58. The van der Waals surface area contributed by atoms with E-state index in [2.05, 4.69) is 109 Å². The van der Waals surface area contributed by atoms with Gasteiger partial charge >= 0.3 is 0 Å². The lowest BCUT2D eigenvalue weighted by Gasteiger charge is -2.12. The van der Waals surface area contributed by atoms with Crippen molar-refractivity contribution in [3.63, 3.8) is 0 Å². The zero-order valence-electron chi connectivity index (χ0n) is 15.7. The molecular weight excluding hydrogens is 338 g/mol. The summed E-state index contributed by atoms with van der Waals surface area (Å²) < 4.78 is 2.43. The third-order valence-electron chi connectivity index (χ3n) is 5.84. The van der Waals surface area contributed by atoms with Gasteiger partial charge < -0.3 is 4.57 Å². The second-order valence-corrected chi connectivity index (χ2v) is 7.50. The van der Waals surface area contributed by atoms with Crippen molar-refractivity contribution < 1.29 is 0 Å². The van der Waals surface area contributed by atoms with Gasteiger partial charge in [-0.15, -0.1) is 0 Å². The number of benzene rings is 5. The van der Waals surface area contributed by atoms with Crippen molar-refractivity contribution in [2.45, 2.75) is 6.92 Å². The summed E-state index contributed by atoms with van der Waals surface area (Å²) in [5.41, 5.74) is 5.03. The van der Waals surface area contributed by atoms with Crippen LogP contribution >= 0.6 is 0 Å². The van der Waals surface area contributed by atoms with Crippen molar-refractivity contribution in [1.29, 1.82) is 0 Å². The molecule has 0 saturated heterocycles. The van der Waals surface area contributed by atoms with E-state index in [9.17, 15) is 0 Å². The fourth-order valence-corrected chi connectivity index (χ4v) is 4.59. The molecule has 28 heavy (non-hydrogen) atoms. The Kier molecular flexibility index (Phi) is 3.15. The van der Waals surface area contributed by atoms with Gasteiger partial charge in [0.25, 0.3) is 0 Å². The number of para-hydroxylation sites is 1. The van der Waals surface area contributed by atoms with Crippen LogP contribution in [0.5, 0.6) is 0 Å². The van der Waals surface area contributed by atoms with Crippen molar-refractivity contribution in [3.05, 3.63) is 103 Å². The molecule has 0 saturated carbocycles. The number of hydrogen-bond donors (Lipinski definition) is 0. The van der Waals surface area contributed by atoms with Crippen LogP contribution in [-0.4, -0.2) is 4.57 Å². The van der Waals surface area contributed by atoms with Crippen molar-refractivity contribution >= 4 is 43.4 Å². The summed E-state index contributed by atoms with van der Waals surface area (Å²) in [5.74, 6) is 0. The highest BCUT2D eigenvalue weighted by Gasteiger charge is 2.18. The van der Waals surface area contributed by atoms with Crippen LogP contribution in [-0.2, 0) is 0 Å². The van der Waals surface area contributed by atoms with E-state index in [1.807, 2.05) is 0 Å². The maximum atomic E-state index is 2.43. The van der Waals surface area contributed by atoms with E-state index < -0.39 is 0 Å². The minimum atomic E-state index is 1.21. The van der Waals surface area contributed by atoms with Crippen molar-refractivity contribution in [3.8, 4) is 5.69 Å². The van der Waals surface area contributed by atoms with Gasteiger partial charge in [0.2, 0.25) is 0 Å². The summed E-state index contributed by atoms with van der Waals surface area (Å²) in [4.78, 5) is 0. The number of aryl methyl sites for hydroxylation is 1. The normalized spacial score (nSPS) is 11.8. The van der Waals surface area contributed by atoms with Crippen LogP contribution in [0.4, 0.5) is 0 Å². The van der Waals surface area contributed by atoms with E-state index in [0.717, 1.165) is 0 Å². The fourth-order valence-electron chi connectivity index (χ4n) is 4.59. The van der Waals surface area contributed by atoms with Crippen molar-refractivity contribution in [1.82, 2.24) is 4.57 Å². The van der Waals surface area contributed by atoms with Crippen LogP contribution in [0, 0.1) is 6.92 Å². The lowest BCUT2D eigenvalue weighted by Crippen LogP contribution is -1.94. The molecule has 6 rings (SSSR count). The molecule has 0 aliphatic rings. The average molecular weight is 357 g/mol. The summed E-state index contributed by atoms with van der Waals surface area (Å²) in [6.45, 7) is 2.14. The Bertz CT molecular complexity index is 1500. The first-order valence-corrected chi connectivity index (χ1v) is 9.72. The Morgan fingerprint density at radius 3 is 1.75 bits per heavy atom. The maximum absolute atomic E-state index is 2.43. The van der Waals surface area contributed by atoms with Crippen LogP contribution in [0.15, 0.2) is 97.1 Å². The van der Waals surface area contributed by atoms with Gasteiger partial charge in [-0.05, 0) is 41.3 Å². The molecule has 1 nitrogen and oxygen atoms in total. The minimum absolute atomic E-state index is 1.21. The Balaban J connectivity index is 1.98. The van der Waals surface area contributed by atoms with E-state index in [1.54, 1.807) is 0 Å². The highest BCUT2D eigenvalue weighted by Crippen LogP contribution is 2.41. The van der Waals surface area contributed by atoms with Crippen LogP contribution in [0.3, 0.4) is 0 Å². The largest absolute Gasteiger partial charge is 0.309 e. The summed E-state index contributed by atoms with van der Waals surface area (Å²) in [7, 11) is 0. The molecule has 0 radical (unpaired) electrons. The molecule has 0 spiro atoms. The molecule has 5 aromatic carbocycles. The van der Waals surface area contributed by atoms with Crippen LogP contribution in [0.25, 0.3) is 49.0 Å². The fraction of sp³-hybridized carbons (Fsp3) is 0.0370. The molecule has 1 heteroatoms. The van der Waals surface area contributed by atoms with Gasteiger partial charge in [0, 0.05) is 21.8 Å². The Labute approximate surface area is 163 Å². The predicted octanol–water partition coefficient (Wildman–Crippen LogP) is 7.40. The molecule has 1 heterocycles. The monoisotopic (exact) mass is 357 g/mol. The first-order valence-electron chi connectivity index (χ1n) is 9.72. The molecule has 0 N–H and O–H groups in total.